The molecule has 1 fully saturated rings. The molecule has 0 bridgehead atoms. The molecule has 0 aliphatic heterocycles. The van der Waals surface area contributed by atoms with E-state index in [1.54, 1.807) is 38.4 Å². The molecule has 1 aliphatic rings. The van der Waals surface area contributed by atoms with Crippen LogP contribution in [-0.2, 0) is 16.6 Å². The summed E-state index contributed by atoms with van der Waals surface area (Å²) in [7, 11) is -0.510. The third-order valence-electron chi connectivity index (χ3n) is 5.90. The lowest BCUT2D eigenvalue weighted by Gasteiger charge is -2.26. The number of amides is 1. The van der Waals surface area contributed by atoms with E-state index in [0.29, 0.717) is 11.5 Å². The van der Waals surface area contributed by atoms with Gasteiger partial charge in [-0.1, -0.05) is 19.1 Å². The molecule has 10 heteroatoms. The maximum atomic E-state index is 12.8. The quantitative estimate of drug-likeness (QED) is 0.444. The van der Waals surface area contributed by atoms with Crippen molar-refractivity contribution in [3.8, 4) is 0 Å². The second-order valence-corrected chi connectivity index (χ2v) is 10.5. The molecule has 0 unspecified atom stereocenters. The van der Waals surface area contributed by atoms with Gasteiger partial charge >= 0.3 is 0 Å². The molecule has 2 N–H and O–H groups in total. The zero-order valence-corrected chi connectivity index (χ0v) is 19.9. The van der Waals surface area contributed by atoms with Crippen LogP contribution in [0.1, 0.15) is 48.5 Å². The van der Waals surface area contributed by atoms with Gasteiger partial charge in [0.25, 0.3) is 11.6 Å². The van der Waals surface area contributed by atoms with E-state index < -0.39 is 14.9 Å². The number of sulfonamides is 1. The summed E-state index contributed by atoms with van der Waals surface area (Å²) in [4.78, 5) is 24.4. The minimum Gasteiger partial charge on any atom is -0.375 e. The molecule has 33 heavy (non-hydrogen) atoms. The van der Waals surface area contributed by atoms with Crippen LogP contribution in [0, 0.1) is 16.0 Å². The minimum atomic E-state index is -3.86. The number of nitro groups is 1. The molecule has 3 rings (SSSR count). The van der Waals surface area contributed by atoms with E-state index in [4.69, 9.17) is 0 Å². The summed E-state index contributed by atoms with van der Waals surface area (Å²) >= 11 is 0. The number of nitro benzene ring substituents is 1. The van der Waals surface area contributed by atoms with Crippen LogP contribution in [0.3, 0.4) is 0 Å². The van der Waals surface area contributed by atoms with E-state index >= 15 is 0 Å². The van der Waals surface area contributed by atoms with Crippen LogP contribution in [0.5, 0.6) is 0 Å². The summed E-state index contributed by atoms with van der Waals surface area (Å²) < 4.78 is 28.3. The van der Waals surface area contributed by atoms with Crippen molar-refractivity contribution in [3.63, 3.8) is 0 Å². The molecule has 0 heterocycles. The summed E-state index contributed by atoms with van der Waals surface area (Å²) in [6.07, 6.45) is 3.45. The van der Waals surface area contributed by atoms with Gasteiger partial charge in [0.05, 0.1) is 9.82 Å². The first kappa shape index (κ1) is 24.7. The zero-order valence-electron chi connectivity index (χ0n) is 19.1. The van der Waals surface area contributed by atoms with Crippen molar-refractivity contribution in [1.82, 2.24) is 9.62 Å². The lowest BCUT2D eigenvalue weighted by atomic mass is 9.88. The zero-order chi connectivity index (χ0) is 24.2. The molecule has 1 saturated carbocycles. The predicted molar refractivity (Wildman–Crippen MR) is 127 cm³/mol. The molecule has 2 aromatic rings. The number of benzene rings is 2. The summed E-state index contributed by atoms with van der Waals surface area (Å²) in [6.45, 7) is 2.43. The van der Waals surface area contributed by atoms with Crippen molar-refractivity contribution < 1.29 is 18.1 Å². The van der Waals surface area contributed by atoms with Gasteiger partial charge in [0.2, 0.25) is 10.0 Å². The molecule has 2 aromatic carbocycles. The number of hydrogen-bond acceptors (Lipinski definition) is 6. The van der Waals surface area contributed by atoms with Gasteiger partial charge < -0.3 is 10.2 Å². The maximum Gasteiger partial charge on any atom is 0.293 e. The van der Waals surface area contributed by atoms with Crippen LogP contribution < -0.4 is 10.0 Å². The Morgan fingerprint density at radius 3 is 2.30 bits per heavy atom. The average molecular weight is 475 g/mol. The van der Waals surface area contributed by atoms with E-state index in [0.717, 1.165) is 37.3 Å². The number of rotatable bonds is 8. The van der Waals surface area contributed by atoms with Gasteiger partial charge in [0.15, 0.2) is 0 Å². The standard InChI is InChI=1S/C23H30N4O5S/c1-16-4-10-19(11-5-16)25-33(31,32)20-12-13-21(22(14-20)27(29)30)24-15-17-6-8-18(9-7-17)23(28)26(2)3/h6-9,12-14,16,19,24-25H,4-5,10-11,15H2,1-3H3. The molecule has 1 aliphatic carbocycles. The van der Waals surface area contributed by atoms with Gasteiger partial charge in [0, 0.05) is 38.3 Å². The fourth-order valence-electron chi connectivity index (χ4n) is 3.87. The fraction of sp³-hybridized carbons (Fsp3) is 0.435. The molecular weight excluding hydrogens is 444 g/mol. The van der Waals surface area contributed by atoms with Crippen LogP contribution in [-0.4, -0.2) is 44.3 Å². The second-order valence-electron chi connectivity index (χ2n) is 8.76. The highest BCUT2D eigenvalue weighted by molar-refractivity contribution is 7.89. The van der Waals surface area contributed by atoms with E-state index in [1.807, 2.05) is 0 Å². The van der Waals surface area contributed by atoms with Gasteiger partial charge in [-0.05, 0) is 61.4 Å². The Morgan fingerprint density at radius 2 is 1.73 bits per heavy atom. The molecule has 1 amide bonds. The SMILES string of the molecule is CC1CCC(NS(=O)(=O)c2ccc(NCc3ccc(C(=O)N(C)C)cc3)c([N+](=O)[O-])c2)CC1. The normalized spacial score (nSPS) is 18.5. The first-order valence-electron chi connectivity index (χ1n) is 10.9. The van der Waals surface area contributed by atoms with E-state index in [9.17, 15) is 23.3 Å². The lowest BCUT2D eigenvalue weighted by molar-refractivity contribution is -0.384. The Hall–Kier alpha value is -2.98. The van der Waals surface area contributed by atoms with Gasteiger partial charge in [-0.25, -0.2) is 13.1 Å². The molecular formula is C23H30N4O5S. The number of nitrogens with zero attached hydrogens (tertiary/aromatic N) is 2. The van der Waals surface area contributed by atoms with E-state index in [-0.39, 0.29) is 34.8 Å². The van der Waals surface area contributed by atoms with Crippen LogP contribution in [0.4, 0.5) is 11.4 Å². The number of carbonyl (C=O) groups excluding carboxylic acids is 1. The van der Waals surface area contributed by atoms with Gasteiger partial charge in [-0.2, -0.15) is 0 Å². The minimum absolute atomic E-state index is 0.113. The first-order chi connectivity index (χ1) is 15.6. The van der Waals surface area contributed by atoms with Crippen molar-refractivity contribution in [3.05, 3.63) is 63.7 Å². The lowest BCUT2D eigenvalue weighted by Crippen LogP contribution is -2.37. The smallest absolute Gasteiger partial charge is 0.293 e. The van der Waals surface area contributed by atoms with E-state index in [2.05, 4.69) is 17.0 Å². The third-order valence-corrected chi connectivity index (χ3v) is 7.42. The molecule has 9 nitrogen and oxygen atoms in total. The van der Waals surface area contributed by atoms with Crippen LogP contribution in [0.15, 0.2) is 47.4 Å². The Labute approximate surface area is 194 Å². The molecule has 0 spiro atoms. The monoisotopic (exact) mass is 474 g/mol. The summed E-state index contributed by atoms with van der Waals surface area (Å²) in [6, 6.07) is 10.7. The summed E-state index contributed by atoms with van der Waals surface area (Å²) in [5, 5.41) is 14.6. The van der Waals surface area contributed by atoms with Gasteiger partial charge in [-0.3, -0.25) is 14.9 Å². The molecule has 0 atom stereocenters. The predicted octanol–water partition coefficient (Wildman–Crippen LogP) is 3.77. The Bertz CT molecular complexity index is 1110. The number of nitrogens with one attached hydrogen (secondary N) is 2. The van der Waals surface area contributed by atoms with Crippen LogP contribution in [0.25, 0.3) is 0 Å². The van der Waals surface area contributed by atoms with Crippen LogP contribution in [0.2, 0.25) is 0 Å². The average Bonchev–Trinajstić information content (AvgIpc) is 2.78. The molecule has 0 saturated heterocycles. The third kappa shape index (κ3) is 6.29. The van der Waals surface area contributed by atoms with Gasteiger partial charge in [0.1, 0.15) is 5.69 Å². The van der Waals surface area contributed by atoms with Crippen molar-refractivity contribution in [2.75, 3.05) is 19.4 Å². The van der Waals surface area contributed by atoms with Crippen molar-refractivity contribution in [2.45, 2.75) is 50.1 Å². The van der Waals surface area contributed by atoms with Crippen molar-refractivity contribution in [2.24, 2.45) is 5.92 Å². The number of hydrogen-bond donors (Lipinski definition) is 2. The second kappa shape index (κ2) is 10.3. The molecule has 178 valence electrons. The Kier molecular flexibility index (Phi) is 7.70. The Balaban J connectivity index is 1.72. The van der Waals surface area contributed by atoms with Crippen molar-refractivity contribution in [1.29, 1.82) is 0 Å². The highest BCUT2D eigenvalue weighted by atomic mass is 32.2. The first-order valence-corrected chi connectivity index (χ1v) is 12.4. The van der Waals surface area contributed by atoms with Crippen molar-refractivity contribution >= 4 is 27.3 Å². The van der Waals surface area contributed by atoms with Crippen LogP contribution >= 0.6 is 0 Å². The molecule has 0 aromatic heterocycles. The molecule has 0 radical (unpaired) electrons. The Morgan fingerprint density at radius 1 is 1.09 bits per heavy atom. The highest BCUT2D eigenvalue weighted by Crippen LogP contribution is 2.29. The fourth-order valence-corrected chi connectivity index (χ4v) is 5.19. The van der Waals surface area contributed by atoms with Gasteiger partial charge in [-0.15, -0.1) is 0 Å². The summed E-state index contributed by atoms with van der Waals surface area (Å²) in [5.74, 6) is 0.472. The topological polar surface area (TPSA) is 122 Å². The number of anilines is 1. The largest absolute Gasteiger partial charge is 0.375 e. The maximum absolute atomic E-state index is 12.8. The highest BCUT2D eigenvalue weighted by Gasteiger charge is 2.26. The summed E-state index contributed by atoms with van der Waals surface area (Å²) in [5.41, 5.74) is 1.28. The van der Waals surface area contributed by atoms with E-state index in [1.165, 1.54) is 17.0 Å². The number of carbonyl (C=O) groups is 1.